The van der Waals surface area contributed by atoms with Gasteiger partial charge in [0.2, 0.25) is 11.8 Å². The summed E-state index contributed by atoms with van der Waals surface area (Å²) >= 11 is 0. The second kappa shape index (κ2) is 7.50. The summed E-state index contributed by atoms with van der Waals surface area (Å²) in [6, 6.07) is 4.53. The fourth-order valence-electron chi connectivity index (χ4n) is 4.71. The number of hydrogen-bond acceptors (Lipinski definition) is 4. The number of nitrogens with one attached hydrogen (secondary N) is 1. The molecule has 2 amide bonds. The molecule has 3 atom stereocenters. The van der Waals surface area contributed by atoms with E-state index in [1.807, 2.05) is 30.8 Å². The maximum atomic E-state index is 13.2. The van der Waals surface area contributed by atoms with E-state index in [-0.39, 0.29) is 29.2 Å². The highest BCUT2D eigenvalue weighted by molar-refractivity contribution is 5.81. The number of carbonyl (C=O) groups excluding carboxylic acids is 2. The normalized spacial score (nSPS) is 22.9. The van der Waals surface area contributed by atoms with Gasteiger partial charge < -0.3 is 10.2 Å². The van der Waals surface area contributed by atoms with E-state index in [1.54, 1.807) is 22.5 Å². The Balaban J connectivity index is 1.63. The first-order chi connectivity index (χ1) is 13.9. The smallest absolute Gasteiger partial charge is 0.251 e. The number of rotatable bonds is 4. The number of aromatic nitrogens is 3. The number of likely N-dealkylation sites (tertiary alicyclic amines) is 1. The van der Waals surface area contributed by atoms with E-state index < -0.39 is 6.04 Å². The molecule has 0 unspecified atom stereocenters. The van der Waals surface area contributed by atoms with Crippen LogP contribution in [-0.2, 0) is 22.7 Å². The minimum absolute atomic E-state index is 0.00758. The summed E-state index contributed by atoms with van der Waals surface area (Å²) in [5, 5.41) is 7.42. The molecule has 8 heteroatoms. The Labute approximate surface area is 169 Å². The monoisotopic (exact) mass is 397 g/mol. The lowest BCUT2D eigenvalue weighted by molar-refractivity contribution is -0.135. The molecule has 8 nitrogen and oxygen atoms in total. The average Bonchev–Trinajstić information content (AvgIpc) is 3.06. The van der Waals surface area contributed by atoms with E-state index in [4.69, 9.17) is 0 Å². The predicted octanol–water partition coefficient (Wildman–Crippen LogP) is 1.20. The highest BCUT2D eigenvalue weighted by Crippen LogP contribution is 2.41. The molecule has 2 bridgehead atoms. The van der Waals surface area contributed by atoms with Gasteiger partial charge in [-0.3, -0.25) is 23.6 Å². The maximum absolute atomic E-state index is 13.2. The Morgan fingerprint density at radius 1 is 1.28 bits per heavy atom. The zero-order chi connectivity index (χ0) is 20.7. The topological polar surface area (TPSA) is 89.2 Å². The van der Waals surface area contributed by atoms with Crippen molar-refractivity contribution in [2.75, 3.05) is 13.1 Å². The van der Waals surface area contributed by atoms with Crippen molar-refractivity contribution in [2.45, 2.75) is 52.2 Å². The zero-order valence-corrected chi connectivity index (χ0v) is 17.1. The highest BCUT2D eigenvalue weighted by atomic mass is 16.2. The Morgan fingerprint density at radius 3 is 2.76 bits per heavy atom. The quantitative estimate of drug-likeness (QED) is 0.839. The summed E-state index contributed by atoms with van der Waals surface area (Å²) in [6.07, 6.45) is 2.74. The molecule has 4 heterocycles. The summed E-state index contributed by atoms with van der Waals surface area (Å²) < 4.78 is 3.49. The van der Waals surface area contributed by atoms with Crippen molar-refractivity contribution in [3.8, 4) is 0 Å². The SMILES string of the molecule is CCn1cc(CNC(=O)[C@H]2[C@H]3C[C@H](CN(C(C)=O)C3)c3cccc(=O)n32)c(C)n1. The molecule has 0 radical (unpaired) electrons. The predicted molar refractivity (Wildman–Crippen MR) is 107 cm³/mol. The number of fused-ring (bicyclic) bond motifs is 4. The van der Waals surface area contributed by atoms with Crippen molar-refractivity contribution in [1.29, 1.82) is 0 Å². The summed E-state index contributed by atoms with van der Waals surface area (Å²) in [5.41, 5.74) is 2.52. The number of pyridine rings is 1. The third kappa shape index (κ3) is 3.47. The second-order valence-electron chi connectivity index (χ2n) is 8.03. The Morgan fingerprint density at radius 2 is 2.07 bits per heavy atom. The van der Waals surface area contributed by atoms with Gasteiger partial charge in [-0.05, 0) is 26.3 Å². The largest absolute Gasteiger partial charge is 0.350 e. The van der Waals surface area contributed by atoms with Crippen molar-refractivity contribution in [1.82, 2.24) is 24.6 Å². The zero-order valence-electron chi connectivity index (χ0n) is 17.1. The van der Waals surface area contributed by atoms with Crippen molar-refractivity contribution >= 4 is 11.8 Å². The van der Waals surface area contributed by atoms with Gasteiger partial charge in [0.25, 0.3) is 5.56 Å². The van der Waals surface area contributed by atoms with Crippen LogP contribution < -0.4 is 10.9 Å². The van der Waals surface area contributed by atoms with Crippen LogP contribution in [0.5, 0.6) is 0 Å². The van der Waals surface area contributed by atoms with Crippen LogP contribution in [-0.4, -0.2) is 44.2 Å². The molecule has 154 valence electrons. The Hall–Kier alpha value is -2.90. The summed E-state index contributed by atoms with van der Waals surface area (Å²) in [4.78, 5) is 39.7. The average molecular weight is 397 g/mol. The minimum atomic E-state index is -0.612. The number of aryl methyl sites for hydroxylation is 2. The van der Waals surface area contributed by atoms with Crippen LogP contribution in [0, 0.1) is 12.8 Å². The van der Waals surface area contributed by atoms with E-state index >= 15 is 0 Å². The van der Waals surface area contributed by atoms with Crippen LogP contribution in [0.15, 0.2) is 29.2 Å². The molecule has 2 aromatic heterocycles. The molecule has 2 aliphatic rings. The molecule has 0 saturated carbocycles. The van der Waals surface area contributed by atoms with Crippen molar-refractivity contribution in [3.05, 3.63) is 51.7 Å². The third-order valence-electron chi connectivity index (χ3n) is 6.19. The van der Waals surface area contributed by atoms with E-state index in [9.17, 15) is 14.4 Å². The number of amides is 2. The lowest BCUT2D eigenvalue weighted by atomic mass is 9.78. The van der Waals surface area contributed by atoms with Crippen molar-refractivity contribution in [2.24, 2.45) is 5.92 Å². The van der Waals surface area contributed by atoms with E-state index in [1.165, 1.54) is 6.07 Å². The number of hydrogen-bond donors (Lipinski definition) is 1. The fraction of sp³-hybridized carbons (Fsp3) is 0.524. The molecule has 0 spiro atoms. The van der Waals surface area contributed by atoms with Crippen LogP contribution in [0.1, 0.15) is 49.2 Å². The summed E-state index contributed by atoms with van der Waals surface area (Å²) in [7, 11) is 0. The first kappa shape index (κ1) is 19.4. The molecule has 1 fully saturated rings. The van der Waals surface area contributed by atoms with Gasteiger partial charge in [-0.1, -0.05) is 6.07 Å². The second-order valence-corrected chi connectivity index (χ2v) is 8.03. The maximum Gasteiger partial charge on any atom is 0.251 e. The molecule has 1 saturated heterocycles. The van der Waals surface area contributed by atoms with Gasteiger partial charge in [-0.2, -0.15) is 5.10 Å². The van der Waals surface area contributed by atoms with Crippen molar-refractivity contribution < 1.29 is 9.59 Å². The summed E-state index contributed by atoms with van der Waals surface area (Å²) in [6.45, 7) is 7.72. The fourth-order valence-corrected chi connectivity index (χ4v) is 4.71. The lowest BCUT2D eigenvalue weighted by Crippen LogP contribution is -2.54. The number of nitrogens with zero attached hydrogens (tertiary/aromatic N) is 4. The van der Waals surface area contributed by atoms with Crippen molar-refractivity contribution in [3.63, 3.8) is 0 Å². The van der Waals surface area contributed by atoms with Crippen LogP contribution in [0.25, 0.3) is 0 Å². The van der Waals surface area contributed by atoms with Crippen LogP contribution in [0.3, 0.4) is 0 Å². The van der Waals surface area contributed by atoms with Gasteiger partial charge in [-0.15, -0.1) is 0 Å². The van der Waals surface area contributed by atoms with Crippen LogP contribution in [0.4, 0.5) is 0 Å². The number of piperidine rings is 1. The Bertz CT molecular complexity index is 1010. The standard InChI is InChI=1S/C21H27N5O3/c1-4-25-12-17(13(2)23-25)9-22-21(29)20-16-8-15(10-24(11-16)14(3)27)18-6-5-7-19(28)26(18)20/h5-7,12,15-16,20H,4,8-11H2,1-3H3,(H,22,29)/t15-,16+,20-/m1/s1. The molecule has 2 aromatic rings. The molecule has 0 aliphatic carbocycles. The van der Waals surface area contributed by atoms with Gasteiger partial charge in [0.1, 0.15) is 6.04 Å². The van der Waals surface area contributed by atoms with Gasteiger partial charge in [-0.25, -0.2) is 0 Å². The van der Waals surface area contributed by atoms with Gasteiger partial charge in [0, 0.05) is 68.5 Å². The third-order valence-corrected chi connectivity index (χ3v) is 6.19. The van der Waals surface area contributed by atoms with E-state index in [0.717, 1.165) is 29.9 Å². The molecule has 0 aromatic carbocycles. The van der Waals surface area contributed by atoms with E-state index in [0.29, 0.717) is 19.6 Å². The summed E-state index contributed by atoms with van der Waals surface area (Å²) in [5.74, 6) is -0.171. The molecular formula is C21H27N5O3. The first-order valence-corrected chi connectivity index (χ1v) is 10.2. The lowest BCUT2D eigenvalue weighted by Gasteiger charge is -2.46. The number of carbonyl (C=O) groups is 2. The van der Waals surface area contributed by atoms with Crippen LogP contribution >= 0.6 is 0 Å². The van der Waals surface area contributed by atoms with Gasteiger partial charge in [0.15, 0.2) is 0 Å². The first-order valence-electron chi connectivity index (χ1n) is 10.2. The van der Waals surface area contributed by atoms with E-state index in [2.05, 4.69) is 10.4 Å². The molecular weight excluding hydrogens is 370 g/mol. The minimum Gasteiger partial charge on any atom is -0.350 e. The molecule has 1 N–H and O–H groups in total. The molecule has 29 heavy (non-hydrogen) atoms. The molecule has 2 aliphatic heterocycles. The van der Waals surface area contributed by atoms with Gasteiger partial charge in [0.05, 0.1) is 5.69 Å². The molecule has 4 rings (SSSR count). The highest BCUT2D eigenvalue weighted by Gasteiger charge is 2.44. The van der Waals surface area contributed by atoms with Crippen LogP contribution in [0.2, 0.25) is 0 Å². The Kier molecular flexibility index (Phi) is 5.02. The van der Waals surface area contributed by atoms with Gasteiger partial charge >= 0.3 is 0 Å².